The van der Waals surface area contributed by atoms with Gasteiger partial charge in [-0.25, -0.2) is 14.8 Å². The van der Waals surface area contributed by atoms with E-state index in [1.807, 2.05) is 0 Å². The summed E-state index contributed by atoms with van der Waals surface area (Å²) in [7, 11) is 1.52. The monoisotopic (exact) mass is 218 g/mol. The normalized spacial score (nSPS) is 10.4. The quantitative estimate of drug-likeness (QED) is 0.829. The number of para-hydroxylation sites is 1. The highest BCUT2D eigenvalue weighted by molar-refractivity contribution is 6.02. The van der Waals surface area contributed by atoms with Crippen molar-refractivity contribution in [3.05, 3.63) is 29.7 Å². The van der Waals surface area contributed by atoms with Crippen LogP contribution in [0.3, 0.4) is 0 Å². The van der Waals surface area contributed by atoms with Crippen molar-refractivity contribution in [2.75, 3.05) is 7.11 Å². The average molecular weight is 218 g/mol. The number of fused-ring (bicyclic) bond motifs is 1. The van der Waals surface area contributed by atoms with E-state index in [1.165, 1.54) is 7.11 Å². The summed E-state index contributed by atoms with van der Waals surface area (Å²) in [4.78, 5) is 19.1. The molecule has 0 radical (unpaired) electrons. The van der Waals surface area contributed by atoms with Crippen molar-refractivity contribution in [3.8, 4) is 5.75 Å². The van der Waals surface area contributed by atoms with E-state index in [-0.39, 0.29) is 5.69 Å². The Bertz CT molecular complexity index is 566. The summed E-state index contributed by atoms with van der Waals surface area (Å²) in [5.41, 5.74) is 0.524. The van der Waals surface area contributed by atoms with E-state index in [0.29, 0.717) is 22.5 Å². The highest BCUT2D eigenvalue weighted by Crippen LogP contribution is 2.25. The molecule has 0 saturated carbocycles. The second-order valence-electron chi connectivity index (χ2n) is 3.28. The SMILES string of the molecule is COc1cccc2c(C(=O)O)nc(C)nc12. The third kappa shape index (κ3) is 1.56. The van der Waals surface area contributed by atoms with Gasteiger partial charge in [-0.15, -0.1) is 0 Å². The van der Waals surface area contributed by atoms with E-state index < -0.39 is 5.97 Å². The van der Waals surface area contributed by atoms with Gasteiger partial charge < -0.3 is 9.84 Å². The predicted octanol–water partition coefficient (Wildman–Crippen LogP) is 1.65. The van der Waals surface area contributed by atoms with Crippen LogP contribution in [0.1, 0.15) is 16.3 Å². The fourth-order valence-electron chi connectivity index (χ4n) is 1.57. The first-order valence-electron chi connectivity index (χ1n) is 4.68. The van der Waals surface area contributed by atoms with E-state index in [9.17, 15) is 4.79 Å². The highest BCUT2D eigenvalue weighted by atomic mass is 16.5. The van der Waals surface area contributed by atoms with Crippen molar-refractivity contribution in [2.45, 2.75) is 6.92 Å². The van der Waals surface area contributed by atoms with Crippen molar-refractivity contribution in [2.24, 2.45) is 0 Å². The Labute approximate surface area is 91.7 Å². The number of carbonyl (C=O) groups is 1. The minimum absolute atomic E-state index is 0.00130. The number of hydrogen-bond donors (Lipinski definition) is 1. The molecule has 1 aromatic heterocycles. The fraction of sp³-hybridized carbons (Fsp3) is 0.182. The Morgan fingerprint density at radius 2 is 2.12 bits per heavy atom. The van der Waals surface area contributed by atoms with Gasteiger partial charge in [0, 0.05) is 5.39 Å². The number of carboxylic acids is 1. The maximum Gasteiger partial charge on any atom is 0.355 e. The van der Waals surface area contributed by atoms with Crippen molar-refractivity contribution < 1.29 is 14.6 Å². The van der Waals surface area contributed by atoms with E-state index in [4.69, 9.17) is 9.84 Å². The van der Waals surface area contributed by atoms with Crippen LogP contribution in [0.25, 0.3) is 10.9 Å². The summed E-state index contributed by atoms with van der Waals surface area (Å²) in [5.74, 6) is -0.108. The molecular weight excluding hydrogens is 208 g/mol. The first-order valence-corrected chi connectivity index (χ1v) is 4.68. The van der Waals surface area contributed by atoms with Crippen LogP contribution in [0.5, 0.6) is 5.75 Å². The molecule has 0 aliphatic rings. The number of benzene rings is 1. The molecular formula is C11H10N2O3. The molecule has 0 aliphatic carbocycles. The first-order chi connectivity index (χ1) is 7.63. The van der Waals surface area contributed by atoms with E-state index in [2.05, 4.69) is 9.97 Å². The molecule has 0 amide bonds. The molecule has 16 heavy (non-hydrogen) atoms. The zero-order chi connectivity index (χ0) is 11.7. The van der Waals surface area contributed by atoms with Crippen molar-refractivity contribution in [1.82, 2.24) is 9.97 Å². The van der Waals surface area contributed by atoms with Gasteiger partial charge in [0.1, 0.15) is 17.1 Å². The maximum absolute atomic E-state index is 11.0. The second-order valence-corrected chi connectivity index (χ2v) is 3.28. The molecule has 0 spiro atoms. The number of ether oxygens (including phenoxy) is 1. The molecule has 0 saturated heterocycles. The number of hydrogen-bond acceptors (Lipinski definition) is 4. The van der Waals surface area contributed by atoms with Crippen LogP contribution >= 0.6 is 0 Å². The van der Waals surface area contributed by atoms with Gasteiger partial charge in [-0.3, -0.25) is 0 Å². The van der Waals surface area contributed by atoms with Crippen LogP contribution in [0, 0.1) is 6.92 Å². The highest BCUT2D eigenvalue weighted by Gasteiger charge is 2.14. The number of aromatic carboxylic acids is 1. The molecule has 82 valence electrons. The summed E-state index contributed by atoms with van der Waals surface area (Å²) in [6.07, 6.45) is 0. The zero-order valence-corrected chi connectivity index (χ0v) is 8.89. The van der Waals surface area contributed by atoms with Gasteiger partial charge >= 0.3 is 5.97 Å². The molecule has 2 rings (SSSR count). The zero-order valence-electron chi connectivity index (χ0n) is 8.89. The molecule has 2 aromatic rings. The van der Waals surface area contributed by atoms with Gasteiger partial charge in [0.2, 0.25) is 0 Å². The molecule has 1 heterocycles. The number of aryl methyl sites for hydroxylation is 1. The lowest BCUT2D eigenvalue weighted by atomic mass is 10.1. The summed E-state index contributed by atoms with van der Waals surface area (Å²) in [6.45, 7) is 1.65. The molecule has 5 heteroatoms. The Hall–Kier alpha value is -2.17. The van der Waals surface area contributed by atoms with Gasteiger partial charge in [0.15, 0.2) is 5.69 Å². The van der Waals surface area contributed by atoms with Gasteiger partial charge in [0.25, 0.3) is 0 Å². The first kappa shape index (κ1) is 10.4. The molecule has 0 unspecified atom stereocenters. The summed E-state index contributed by atoms with van der Waals surface area (Å²) in [6, 6.07) is 5.12. The smallest absolute Gasteiger partial charge is 0.355 e. The lowest BCUT2D eigenvalue weighted by Crippen LogP contribution is -2.05. The number of carboxylic acid groups (broad SMARTS) is 1. The lowest BCUT2D eigenvalue weighted by Gasteiger charge is -2.06. The molecule has 1 aromatic carbocycles. The summed E-state index contributed by atoms with van der Waals surface area (Å²) >= 11 is 0. The van der Waals surface area contributed by atoms with Crippen LogP contribution in [0.2, 0.25) is 0 Å². The largest absolute Gasteiger partial charge is 0.494 e. The second kappa shape index (κ2) is 3.77. The van der Waals surface area contributed by atoms with Crippen LogP contribution in [0.4, 0.5) is 0 Å². The van der Waals surface area contributed by atoms with E-state index in [0.717, 1.165) is 0 Å². The maximum atomic E-state index is 11.0. The van der Waals surface area contributed by atoms with Crippen molar-refractivity contribution in [1.29, 1.82) is 0 Å². The van der Waals surface area contributed by atoms with E-state index in [1.54, 1.807) is 25.1 Å². The van der Waals surface area contributed by atoms with Crippen LogP contribution in [-0.4, -0.2) is 28.2 Å². The van der Waals surface area contributed by atoms with Crippen molar-refractivity contribution >= 4 is 16.9 Å². The Balaban J connectivity index is 2.88. The summed E-state index contributed by atoms with van der Waals surface area (Å²) in [5, 5.41) is 9.52. The summed E-state index contributed by atoms with van der Waals surface area (Å²) < 4.78 is 5.13. The molecule has 0 bridgehead atoms. The standard InChI is InChI=1S/C11H10N2O3/c1-6-12-9-7(10(13-6)11(14)15)4-3-5-8(9)16-2/h3-5H,1-2H3,(H,14,15). The fourth-order valence-corrected chi connectivity index (χ4v) is 1.57. The number of aromatic nitrogens is 2. The molecule has 1 N–H and O–H groups in total. The minimum Gasteiger partial charge on any atom is -0.494 e. The third-order valence-electron chi connectivity index (χ3n) is 2.22. The van der Waals surface area contributed by atoms with Gasteiger partial charge in [-0.2, -0.15) is 0 Å². The van der Waals surface area contributed by atoms with Crippen LogP contribution in [0.15, 0.2) is 18.2 Å². The molecule has 0 atom stereocenters. The van der Waals surface area contributed by atoms with E-state index >= 15 is 0 Å². The van der Waals surface area contributed by atoms with Gasteiger partial charge in [-0.1, -0.05) is 12.1 Å². The van der Waals surface area contributed by atoms with Crippen LogP contribution < -0.4 is 4.74 Å². The Kier molecular flexibility index (Phi) is 2.44. The van der Waals surface area contributed by atoms with Crippen molar-refractivity contribution in [3.63, 3.8) is 0 Å². The molecule has 0 fully saturated rings. The molecule has 5 nitrogen and oxygen atoms in total. The number of rotatable bonds is 2. The number of nitrogens with zero attached hydrogens (tertiary/aromatic N) is 2. The van der Waals surface area contributed by atoms with Crippen LogP contribution in [-0.2, 0) is 0 Å². The Morgan fingerprint density at radius 3 is 2.75 bits per heavy atom. The third-order valence-corrected chi connectivity index (χ3v) is 2.22. The lowest BCUT2D eigenvalue weighted by molar-refractivity contribution is 0.0692. The predicted molar refractivity (Wildman–Crippen MR) is 57.8 cm³/mol. The van der Waals surface area contributed by atoms with Gasteiger partial charge in [0.05, 0.1) is 7.11 Å². The minimum atomic E-state index is -1.07. The van der Waals surface area contributed by atoms with Gasteiger partial charge in [-0.05, 0) is 13.0 Å². The topological polar surface area (TPSA) is 72.3 Å². The number of methoxy groups -OCH3 is 1. The Morgan fingerprint density at radius 1 is 1.38 bits per heavy atom. The molecule has 0 aliphatic heterocycles. The average Bonchev–Trinajstić information content (AvgIpc) is 2.27.